The van der Waals surface area contributed by atoms with Gasteiger partial charge in [0.1, 0.15) is 42.9 Å². The van der Waals surface area contributed by atoms with Gasteiger partial charge in [-0.3, -0.25) is 24.0 Å². The molecule has 17 heteroatoms. The van der Waals surface area contributed by atoms with Crippen molar-refractivity contribution in [3.05, 3.63) is 64.7 Å². The fourth-order valence-corrected chi connectivity index (χ4v) is 8.29. The molecule has 4 fully saturated rings. The zero-order chi connectivity index (χ0) is 41.0. The van der Waals surface area contributed by atoms with Crippen molar-refractivity contribution in [1.29, 1.82) is 0 Å². The van der Waals surface area contributed by atoms with Gasteiger partial charge in [-0.2, -0.15) is 0 Å². The Balaban J connectivity index is 1.31. The number of hydrogen-bond donors (Lipinski definition) is 4. The highest BCUT2D eigenvalue weighted by atomic mass is 35.5. The maximum absolute atomic E-state index is 14.6. The number of hydrogen-bond acceptors (Lipinski definition) is 9. The molecule has 2 aromatic rings. The molecule has 7 amide bonds. The molecule has 306 valence electrons. The minimum absolute atomic E-state index is 0.0457. The summed E-state index contributed by atoms with van der Waals surface area (Å²) in [6, 6.07) is 6.66. The summed E-state index contributed by atoms with van der Waals surface area (Å²) in [4.78, 5) is 104. The number of ether oxygens (including phenoxy) is 1. The molecule has 4 aliphatic heterocycles. The van der Waals surface area contributed by atoms with Gasteiger partial charge in [-0.15, -0.1) is 0 Å². The van der Waals surface area contributed by atoms with Crippen LogP contribution in [-0.4, -0.2) is 144 Å². The van der Waals surface area contributed by atoms with Crippen LogP contribution in [0, 0.1) is 12.8 Å². The van der Waals surface area contributed by atoms with Gasteiger partial charge in [0.15, 0.2) is 0 Å². The summed E-state index contributed by atoms with van der Waals surface area (Å²) in [5, 5.41) is 11.3. The number of halogens is 1. The van der Waals surface area contributed by atoms with E-state index in [1.165, 1.54) is 14.7 Å². The van der Waals surface area contributed by atoms with Crippen LogP contribution in [0.25, 0.3) is 0 Å². The molecule has 4 heterocycles. The van der Waals surface area contributed by atoms with Crippen LogP contribution in [0.1, 0.15) is 44.2 Å². The van der Waals surface area contributed by atoms with Crippen molar-refractivity contribution >= 4 is 58.8 Å². The maximum atomic E-state index is 14.6. The first-order valence-electron chi connectivity index (χ1n) is 19.4. The first-order valence-corrected chi connectivity index (χ1v) is 19.8. The average molecular weight is 807 g/mol. The van der Waals surface area contributed by atoms with E-state index in [-0.39, 0.29) is 38.5 Å². The highest BCUT2D eigenvalue weighted by Crippen LogP contribution is 2.27. The molecule has 4 saturated heterocycles. The van der Waals surface area contributed by atoms with E-state index in [1.54, 1.807) is 31.2 Å². The fraction of sp³-hybridized carbons (Fsp3) is 0.525. The third-order valence-corrected chi connectivity index (χ3v) is 11.3. The normalized spacial score (nSPS) is 26.8. The number of amides is 7. The molecule has 0 spiro atoms. The molecule has 2 aromatic carbocycles. The second-order valence-corrected chi connectivity index (χ2v) is 16.1. The number of esters is 1. The average Bonchev–Trinajstić information content (AvgIpc) is 3.82. The summed E-state index contributed by atoms with van der Waals surface area (Å²) in [6.45, 7) is 6.11. The Kier molecular flexibility index (Phi) is 13.0. The molecule has 57 heavy (non-hydrogen) atoms. The van der Waals surface area contributed by atoms with Crippen LogP contribution in [0.5, 0.6) is 0 Å². The van der Waals surface area contributed by atoms with Crippen molar-refractivity contribution in [2.24, 2.45) is 5.92 Å². The SMILES string of the molecule is Cc1cccc(C[C@H](NC(=O)Nc2cccc(Cl)c2)C(=O)N[C@H]2COC(=O)[C@@H]3C[C@@H](C)CN3C(=O)[C@H](C)NC(=O)[C@@H]3CN(C)CCN3C(=O)[C@@H]3CCCN3C2=O)c1. The van der Waals surface area contributed by atoms with E-state index in [2.05, 4.69) is 21.3 Å². The van der Waals surface area contributed by atoms with E-state index in [0.29, 0.717) is 36.5 Å². The second-order valence-electron chi connectivity index (χ2n) is 15.6. The summed E-state index contributed by atoms with van der Waals surface area (Å²) in [6.07, 6.45) is 1.14. The van der Waals surface area contributed by atoms with Gasteiger partial charge in [-0.25, -0.2) is 9.59 Å². The topological polar surface area (TPSA) is 190 Å². The number of carbonyl (C=O) groups is 7. The quantitative estimate of drug-likeness (QED) is 0.312. The lowest BCUT2D eigenvalue weighted by Gasteiger charge is -2.42. The van der Waals surface area contributed by atoms with Crippen molar-refractivity contribution in [1.82, 2.24) is 35.6 Å². The number of anilines is 1. The minimum atomic E-state index is -1.46. The van der Waals surface area contributed by atoms with Gasteiger partial charge in [0.2, 0.25) is 29.5 Å². The van der Waals surface area contributed by atoms with Crippen molar-refractivity contribution in [2.45, 2.75) is 82.7 Å². The van der Waals surface area contributed by atoms with E-state index in [1.807, 2.05) is 50.1 Å². The predicted molar refractivity (Wildman–Crippen MR) is 210 cm³/mol. The molecule has 0 unspecified atom stereocenters. The maximum Gasteiger partial charge on any atom is 0.328 e. The molecule has 0 aliphatic carbocycles. The zero-order valence-electron chi connectivity index (χ0n) is 32.7. The Morgan fingerprint density at radius 3 is 2.40 bits per heavy atom. The minimum Gasteiger partial charge on any atom is -0.461 e. The fourth-order valence-electron chi connectivity index (χ4n) is 8.10. The summed E-state index contributed by atoms with van der Waals surface area (Å²) < 4.78 is 5.76. The number of piperazine rings is 1. The number of nitrogens with zero attached hydrogens (tertiary/aromatic N) is 4. The van der Waals surface area contributed by atoms with Gasteiger partial charge in [0, 0.05) is 49.9 Å². The Morgan fingerprint density at radius 1 is 0.895 bits per heavy atom. The number of aryl methyl sites for hydroxylation is 1. The molecular weight excluding hydrogens is 756 g/mol. The molecule has 0 aromatic heterocycles. The molecule has 0 saturated carbocycles. The van der Waals surface area contributed by atoms with E-state index in [9.17, 15) is 33.6 Å². The van der Waals surface area contributed by atoms with Crippen LogP contribution in [0.15, 0.2) is 48.5 Å². The Bertz CT molecular complexity index is 1900. The highest BCUT2D eigenvalue weighted by molar-refractivity contribution is 6.30. The molecule has 7 atom stereocenters. The largest absolute Gasteiger partial charge is 0.461 e. The highest BCUT2D eigenvalue weighted by Gasteiger charge is 2.46. The summed E-state index contributed by atoms with van der Waals surface area (Å²) in [7, 11) is 1.84. The van der Waals surface area contributed by atoms with Crippen molar-refractivity contribution < 1.29 is 38.3 Å². The van der Waals surface area contributed by atoms with Gasteiger partial charge in [0.25, 0.3) is 0 Å². The lowest BCUT2D eigenvalue weighted by molar-refractivity contribution is -0.158. The molecule has 4 aliphatic rings. The predicted octanol–water partition coefficient (Wildman–Crippen LogP) is 1.30. The van der Waals surface area contributed by atoms with Gasteiger partial charge in [-0.05, 0) is 69.8 Å². The number of nitrogens with one attached hydrogen (secondary N) is 4. The number of urea groups is 1. The molecule has 0 radical (unpaired) electrons. The summed E-state index contributed by atoms with van der Waals surface area (Å²) in [5.74, 6) is -3.64. The number of rotatable bonds is 6. The number of cyclic esters (lactones) is 1. The van der Waals surface area contributed by atoms with Crippen molar-refractivity contribution in [3.63, 3.8) is 0 Å². The lowest BCUT2D eigenvalue weighted by Crippen LogP contribution is -2.65. The standard InChI is InChI=1S/C40H51ClN8O8/c1-23-8-5-9-26(16-23)18-29(45-40(56)43-28-11-6-10-27(41)19-28)34(50)44-30-22-57-39(55)32-17-24(2)20-49(32)36(52)25(3)42-35(51)33-21-46(4)14-15-48(33)38(54)31-12-7-13-47(31)37(30)53/h5-6,8-11,16,19,24-25,29-33H,7,12-15,17-18,20-22H2,1-4H3,(H,42,51)(H,44,50)(H2,43,45,56)/t24-,25+,29+,30+,31+,32+,33+/m1/s1. The molecule has 0 bridgehead atoms. The number of carbonyl (C=O) groups excluding carboxylic acids is 7. The summed E-state index contributed by atoms with van der Waals surface area (Å²) in [5.41, 5.74) is 2.06. The molecule has 6 rings (SSSR count). The second kappa shape index (κ2) is 17.9. The number of benzene rings is 2. The van der Waals surface area contributed by atoms with Gasteiger partial charge >= 0.3 is 12.0 Å². The third-order valence-electron chi connectivity index (χ3n) is 11.0. The Labute approximate surface area is 336 Å². The lowest BCUT2D eigenvalue weighted by atomic mass is 10.0. The first-order chi connectivity index (χ1) is 27.2. The molecule has 4 N–H and O–H groups in total. The first kappa shape index (κ1) is 41.4. The third kappa shape index (κ3) is 9.85. The Hall–Kier alpha value is -5.22. The van der Waals surface area contributed by atoms with E-state index in [4.69, 9.17) is 16.3 Å². The monoisotopic (exact) mass is 806 g/mol. The van der Waals surface area contributed by atoms with E-state index >= 15 is 0 Å². The van der Waals surface area contributed by atoms with Gasteiger partial charge in [0.05, 0.1) is 0 Å². The summed E-state index contributed by atoms with van der Waals surface area (Å²) >= 11 is 6.11. The van der Waals surface area contributed by atoms with Crippen LogP contribution in [-0.2, 0) is 39.9 Å². The van der Waals surface area contributed by atoms with E-state index in [0.717, 1.165) is 11.1 Å². The van der Waals surface area contributed by atoms with Crippen LogP contribution < -0.4 is 21.3 Å². The smallest absolute Gasteiger partial charge is 0.328 e. The van der Waals surface area contributed by atoms with Gasteiger partial charge in [-0.1, -0.05) is 54.4 Å². The van der Waals surface area contributed by atoms with E-state index < -0.39 is 84.4 Å². The van der Waals surface area contributed by atoms with Crippen molar-refractivity contribution in [3.8, 4) is 0 Å². The molecule has 16 nitrogen and oxygen atoms in total. The Morgan fingerprint density at radius 2 is 1.65 bits per heavy atom. The van der Waals surface area contributed by atoms with Crippen molar-refractivity contribution in [2.75, 3.05) is 51.7 Å². The number of likely N-dealkylation sites (N-methyl/N-ethyl adjacent to an activating group) is 1. The van der Waals surface area contributed by atoms with Gasteiger partial charge < -0.3 is 45.6 Å². The van der Waals surface area contributed by atoms with Crippen LogP contribution in [0.4, 0.5) is 10.5 Å². The van der Waals surface area contributed by atoms with Crippen LogP contribution in [0.3, 0.4) is 0 Å². The molecular formula is C40H51ClN8O8. The zero-order valence-corrected chi connectivity index (χ0v) is 33.4. The van der Waals surface area contributed by atoms with Crippen LogP contribution >= 0.6 is 11.6 Å². The number of fused-ring (bicyclic) bond motifs is 3. The van der Waals surface area contributed by atoms with Crippen LogP contribution in [0.2, 0.25) is 5.02 Å².